The van der Waals surface area contributed by atoms with Gasteiger partial charge >= 0.3 is 0 Å². The Morgan fingerprint density at radius 3 is 2.50 bits per heavy atom. The molecule has 26 heavy (non-hydrogen) atoms. The molecule has 1 heterocycles. The van der Waals surface area contributed by atoms with Crippen molar-refractivity contribution in [2.45, 2.75) is 6.92 Å². The third-order valence-electron chi connectivity index (χ3n) is 4.00. The van der Waals surface area contributed by atoms with Crippen LogP contribution >= 0.6 is 0 Å². The van der Waals surface area contributed by atoms with Crippen LogP contribution < -0.4 is 0 Å². The Kier molecular flexibility index (Phi) is 3.10. The second-order valence-electron chi connectivity index (χ2n) is 5.83. The Morgan fingerprint density at radius 2 is 1.73 bits per heavy atom. The van der Waals surface area contributed by atoms with Crippen molar-refractivity contribution in [3.05, 3.63) is 102 Å². The molecule has 0 amide bonds. The number of ketones is 1. The highest BCUT2D eigenvalue weighted by atomic mass is 16.1. The Hall–Kier alpha value is -3.53. The largest absolute Gasteiger partial charge is 0.289 e. The van der Waals surface area contributed by atoms with E-state index in [2.05, 4.69) is 10.3 Å². The van der Waals surface area contributed by atoms with Gasteiger partial charge in [0.25, 0.3) is 0 Å². The van der Waals surface area contributed by atoms with Crippen LogP contribution in [0.2, 0.25) is 0 Å². The minimum atomic E-state index is -0.498. The maximum Gasteiger partial charge on any atom is 0.193 e. The van der Waals surface area contributed by atoms with Gasteiger partial charge in [0.15, 0.2) is 5.78 Å². The lowest BCUT2D eigenvalue weighted by Gasteiger charge is -2.06. The van der Waals surface area contributed by atoms with Crippen LogP contribution in [0.1, 0.15) is 27.0 Å². The van der Waals surface area contributed by atoms with E-state index < -0.39 is 23.9 Å². The Bertz CT molecular complexity index is 1250. The van der Waals surface area contributed by atoms with Crippen molar-refractivity contribution in [1.82, 2.24) is 15.0 Å². The maximum absolute atomic E-state index is 13.2. The van der Waals surface area contributed by atoms with Crippen molar-refractivity contribution < 1.29 is 10.3 Å². The van der Waals surface area contributed by atoms with Crippen LogP contribution in [0, 0.1) is 6.92 Å². The lowest BCUT2D eigenvalue weighted by molar-refractivity contribution is 0.103. The molecule has 4 rings (SSSR count). The molecule has 0 radical (unpaired) electrons. The topological polar surface area (TPSA) is 47.8 Å². The van der Waals surface area contributed by atoms with Crippen LogP contribution in [-0.4, -0.2) is 20.8 Å². The molecule has 0 bridgehead atoms. The lowest BCUT2D eigenvalue weighted by atomic mass is 9.97. The van der Waals surface area contributed by atoms with E-state index in [1.165, 1.54) is 4.68 Å². The molecule has 4 aromatic rings. The molecule has 0 fully saturated rings. The van der Waals surface area contributed by atoms with Gasteiger partial charge in [-0.1, -0.05) is 77.4 Å². The molecule has 0 atom stereocenters. The predicted molar refractivity (Wildman–Crippen MR) is 101 cm³/mol. The fourth-order valence-electron chi connectivity index (χ4n) is 2.61. The van der Waals surface area contributed by atoms with E-state index in [9.17, 15) is 4.79 Å². The quantitative estimate of drug-likeness (QED) is 0.514. The number of aromatic nitrogens is 3. The van der Waals surface area contributed by atoms with Crippen LogP contribution in [0.4, 0.5) is 0 Å². The summed E-state index contributed by atoms with van der Waals surface area (Å²) in [7, 11) is 0. The highest BCUT2D eigenvalue weighted by Crippen LogP contribution is 2.24. The number of carbonyl (C=O) groups is 1. The monoisotopic (exact) mass is 343 g/mol. The van der Waals surface area contributed by atoms with Gasteiger partial charge in [-0.3, -0.25) is 4.79 Å². The van der Waals surface area contributed by atoms with Crippen LogP contribution in [0.5, 0.6) is 0 Å². The summed E-state index contributed by atoms with van der Waals surface area (Å²) in [6.45, 7) is 1.97. The summed E-state index contributed by atoms with van der Waals surface area (Å²) < 4.78 is 34.3. The minimum absolute atomic E-state index is 0.0354. The Labute approximate surface area is 157 Å². The van der Waals surface area contributed by atoms with Crippen molar-refractivity contribution in [2.75, 3.05) is 0 Å². The van der Waals surface area contributed by atoms with Gasteiger partial charge in [0.05, 0.1) is 17.4 Å². The molecule has 0 saturated heterocycles. The molecule has 0 unspecified atom stereocenters. The zero-order chi connectivity index (χ0) is 21.4. The fraction of sp³-hybridized carbons (Fsp3) is 0.0455. The van der Waals surface area contributed by atoms with Crippen molar-refractivity contribution in [3.63, 3.8) is 0 Å². The maximum atomic E-state index is 13.2. The van der Waals surface area contributed by atoms with Crippen LogP contribution in [-0.2, 0) is 0 Å². The molecule has 1 aromatic heterocycles. The molecular weight excluding hydrogens is 322 g/mol. The van der Waals surface area contributed by atoms with Crippen LogP contribution in [0.15, 0.2) is 85.0 Å². The second kappa shape index (κ2) is 6.76. The smallest absolute Gasteiger partial charge is 0.193 e. The number of benzene rings is 3. The minimum Gasteiger partial charge on any atom is -0.289 e. The summed E-state index contributed by atoms with van der Waals surface area (Å²) in [5.41, 5.74) is 2.27. The van der Waals surface area contributed by atoms with Gasteiger partial charge in [0, 0.05) is 16.7 Å². The van der Waals surface area contributed by atoms with E-state index in [0.717, 1.165) is 11.3 Å². The highest BCUT2D eigenvalue weighted by molar-refractivity contribution is 6.12. The molecule has 0 aliphatic carbocycles. The predicted octanol–water partition coefficient (Wildman–Crippen LogP) is 4.47. The normalized spacial score (nSPS) is 12.8. The third kappa shape index (κ3) is 3.05. The second-order valence-corrected chi connectivity index (χ2v) is 5.83. The van der Waals surface area contributed by atoms with E-state index in [4.69, 9.17) is 5.48 Å². The molecular formula is C22H17N3O. The zero-order valence-electron chi connectivity index (χ0n) is 18.0. The number of hydrogen-bond donors (Lipinski definition) is 0. The molecule has 0 N–H and O–H groups in total. The van der Waals surface area contributed by atoms with Gasteiger partial charge in [0.1, 0.15) is 5.69 Å². The van der Waals surface area contributed by atoms with Gasteiger partial charge in [0.2, 0.25) is 0 Å². The summed E-state index contributed by atoms with van der Waals surface area (Å²) >= 11 is 0. The lowest BCUT2D eigenvalue weighted by Crippen LogP contribution is -2.03. The molecule has 4 heteroatoms. The summed E-state index contributed by atoms with van der Waals surface area (Å²) in [6, 6.07) is 14.4. The van der Waals surface area contributed by atoms with Gasteiger partial charge in [-0.05, 0) is 19.1 Å². The molecule has 3 aromatic carbocycles. The van der Waals surface area contributed by atoms with Gasteiger partial charge in [-0.25, -0.2) is 4.68 Å². The number of rotatable bonds is 4. The molecule has 0 spiro atoms. The molecule has 126 valence electrons. The van der Waals surface area contributed by atoms with Gasteiger partial charge < -0.3 is 0 Å². The molecule has 4 nitrogen and oxygen atoms in total. The summed E-state index contributed by atoms with van der Waals surface area (Å²) in [5.74, 6) is -0.498. The van der Waals surface area contributed by atoms with Crippen molar-refractivity contribution in [2.24, 2.45) is 0 Å². The standard InChI is InChI=1S/C22H17N3O/c1-16-11-13-18(14-12-16)25-15-21(23-24-25)19-9-5-6-10-20(19)22(26)17-7-3-2-4-8-17/h2-15H,1H3/i5D,6D,9D,10D. The number of carbonyl (C=O) groups excluding carboxylic acids is 1. The highest BCUT2D eigenvalue weighted by Gasteiger charge is 2.16. The van der Waals surface area contributed by atoms with Crippen molar-refractivity contribution in [1.29, 1.82) is 0 Å². The van der Waals surface area contributed by atoms with E-state index in [-0.39, 0.29) is 22.9 Å². The summed E-state index contributed by atoms with van der Waals surface area (Å²) in [6.07, 6.45) is 1.56. The van der Waals surface area contributed by atoms with E-state index >= 15 is 0 Å². The van der Waals surface area contributed by atoms with E-state index in [1.807, 2.05) is 31.2 Å². The third-order valence-corrected chi connectivity index (χ3v) is 4.00. The van der Waals surface area contributed by atoms with Crippen LogP contribution in [0.3, 0.4) is 0 Å². The van der Waals surface area contributed by atoms with Crippen molar-refractivity contribution in [3.8, 4) is 16.9 Å². The molecule has 0 aliphatic heterocycles. The first-order valence-electron chi connectivity index (χ1n) is 10.1. The first-order chi connectivity index (χ1) is 14.4. The summed E-state index contributed by atoms with van der Waals surface area (Å²) in [4.78, 5) is 13.2. The number of nitrogens with zero attached hydrogens (tertiary/aromatic N) is 3. The fourth-order valence-corrected chi connectivity index (χ4v) is 2.61. The summed E-state index contributed by atoms with van der Waals surface area (Å²) in [5, 5.41) is 8.20. The SMILES string of the molecule is [2H]c1c([2H])c([2H])c(-c2cn(-c3ccc(C)cc3)nn2)c(C(=O)c2ccccc2)c1[2H]. The Morgan fingerprint density at radius 1 is 1.00 bits per heavy atom. The molecule has 0 aliphatic rings. The van der Waals surface area contributed by atoms with Crippen LogP contribution in [0.25, 0.3) is 16.9 Å². The molecule has 0 saturated carbocycles. The average molecular weight is 343 g/mol. The Balaban J connectivity index is 1.92. The number of hydrogen-bond acceptors (Lipinski definition) is 3. The van der Waals surface area contributed by atoms with Gasteiger partial charge in [-0.15, -0.1) is 5.10 Å². The first-order valence-corrected chi connectivity index (χ1v) is 8.08. The van der Waals surface area contributed by atoms with E-state index in [1.54, 1.807) is 36.5 Å². The zero-order valence-corrected chi connectivity index (χ0v) is 14.0. The first kappa shape index (κ1) is 11.9. The average Bonchev–Trinajstić information content (AvgIpc) is 3.25. The van der Waals surface area contributed by atoms with E-state index in [0.29, 0.717) is 5.56 Å². The van der Waals surface area contributed by atoms with Crippen molar-refractivity contribution >= 4 is 5.78 Å². The number of aryl methyl sites for hydroxylation is 1. The van der Waals surface area contributed by atoms with Gasteiger partial charge in [-0.2, -0.15) is 0 Å².